The number of hydrogen-bond acceptors (Lipinski definition) is 4. The highest BCUT2D eigenvalue weighted by atomic mass is 16.4. The SMILES string of the molecule is O=C(O)c1c(CN2CCNCC2c2ccccc2)cnc2ccccc12. The molecule has 0 aliphatic carbocycles. The van der Waals surface area contributed by atoms with Crippen LogP contribution in [0.2, 0.25) is 0 Å². The van der Waals surface area contributed by atoms with Gasteiger partial charge in [0.2, 0.25) is 0 Å². The van der Waals surface area contributed by atoms with Gasteiger partial charge in [0.15, 0.2) is 0 Å². The van der Waals surface area contributed by atoms with E-state index < -0.39 is 5.97 Å². The number of nitrogens with one attached hydrogen (secondary N) is 1. The van der Waals surface area contributed by atoms with E-state index in [4.69, 9.17) is 0 Å². The lowest BCUT2D eigenvalue weighted by Crippen LogP contribution is -2.45. The van der Waals surface area contributed by atoms with Crippen molar-refractivity contribution in [3.8, 4) is 0 Å². The zero-order valence-corrected chi connectivity index (χ0v) is 14.4. The second kappa shape index (κ2) is 7.23. The Kier molecular flexibility index (Phi) is 4.65. The average Bonchev–Trinajstić information content (AvgIpc) is 2.68. The predicted molar refractivity (Wildman–Crippen MR) is 101 cm³/mol. The molecule has 1 aromatic heterocycles. The molecule has 1 fully saturated rings. The summed E-state index contributed by atoms with van der Waals surface area (Å²) in [6, 6.07) is 18.0. The maximum atomic E-state index is 12.0. The highest BCUT2D eigenvalue weighted by molar-refractivity contribution is 6.03. The summed E-state index contributed by atoms with van der Waals surface area (Å²) in [6.45, 7) is 3.19. The number of pyridine rings is 1. The third kappa shape index (κ3) is 3.19. The molecule has 1 aliphatic rings. The number of hydrogen-bond donors (Lipinski definition) is 2. The largest absolute Gasteiger partial charge is 0.478 e. The summed E-state index contributed by atoms with van der Waals surface area (Å²) in [6.07, 6.45) is 1.72. The van der Waals surface area contributed by atoms with E-state index >= 15 is 0 Å². The van der Waals surface area contributed by atoms with Crippen LogP contribution in [0, 0.1) is 0 Å². The minimum absolute atomic E-state index is 0.220. The molecule has 5 heteroatoms. The van der Waals surface area contributed by atoms with Crippen LogP contribution in [-0.2, 0) is 6.54 Å². The zero-order chi connectivity index (χ0) is 17.9. The fourth-order valence-electron chi connectivity index (χ4n) is 3.71. The fourth-order valence-corrected chi connectivity index (χ4v) is 3.71. The maximum absolute atomic E-state index is 12.0. The first-order chi connectivity index (χ1) is 12.7. The number of carboxylic acids is 1. The predicted octanol–water partition coefficient (Wildman–Crippen LogP) is 3.08. The lowest BCUT2D eigenvalue weighted by atomic mass is 9.99. The molecule has 4 rings (SSSR count). The average molecular weight is 347 g/mol. The number of para-hydroxylation sites is 1. The summed E-state index contributed by atoms with van der Waals surface area (Å²) in [4.78, 5) is 18.8. The molecule has 0 saturated carbocycles. The molecule has 3 aromatic rings. The summed E-state index contributed by atoms with van der Waals surface area (Å²) in [5.41, 5.74) is 3.08. The Morgan fingerprint density at radius 3 is 2.73 bits per heavy atom. The van der Waals surface area contributed by atoms with Crippen LogP contribution in [0.5, 0.6) is 0 Å². The number of rotatable bonds is 4. The Hall–Kier alpha value is -2.76. The lowest BCUT2D eigenvalue weighted by Gasteiger charge is -2.36. The van der Waals surface area contributed by atoms with Crippen LogP contribution in [0.15, 0.2) is 60.8 Å². The van der Waals surface area contributed by atoms with Crippen LogP contribution in [0.25, 0.3) is 10.9 Å². The van der Waals surface area contributed by atoms with Gasteiger partial charge in [-0.15, -0.1) is 0 Å². The highest BCUT2D eigenvalue weighted by Crippen LogP contribution is 2.27. The lowest BCUT2D eigenvalue weighted by molar-refractivity contribution is 0.0695. The van der Waals surface area contributed by atoms with Gasteiger partial charge in [0, 0.05) is 43.8 Å². The van der Waals surface area contributed by atoms with E-state index in [0.29, 0.717) is 23.0 Å². The fraction of sp³-hybridized carbons (Fsp3) is 0.238. The molecular weight excluding hydrogens is 326 g/mol. The highest BCUT2D eigenvalue weighted by Gasteiger charge is 2.26. The van der Waals surface area contributed by atoms with E-state index in [1.807, 2.05) is 42.5 Å². The van der Waals surface area contributed by atoms with Crippen molar-refractivity contribution in [3.05, 3.63) is 77.5 Å². The van der Waals surface area contributed by atoms with Gasteiger partial charge in [-0.1, -0.05) is 48.5 Å². The molecule has 2 N–H and O–H groups in total. The number of fused-ring (bicyclic) bond motifs is 1. The molecule has 0 spiro atoms. The first-order valence-electron chi connectivity index (χ1n) is 8.83. The topological polar surface area (TPSA) is 65.5 Å². The Labute approximate surface area is 152 Å². The van der Waals surface area contributed by atoms with Crippen molar-refractivity contribution < 1.29 is 9.90 Å². The van der Waals surface area contributed by atoms with E-state index in [1.54, 1.807) is 6.20 Å². The van der Waals surface area contributed by atoms with Crippen molar-refractivity contribution in [2.24, 2.45) is 0 Å². The Morgan fingerprint density at radius 2 is 1.92 bits per heavy atom. The van der Waals surface area contributed by atoms with Crippen molar-refractivity contribution in [1.29, 1.82) is 0 Å². The quantitative estimate of drug-likeness (QED) is 0.759. The molecule has 132 valence electrons. The smallest absolute Gasteiger partial charge is 0.336 e. The van der Waals surface area contributed by atoms with Gasteiger partial charge >= 0.3 is 5.97 Å². The molecule has 1 atom stereocenters. The molecule has 5 nitrogen and oxygen atoms in total. The van der Waals surface area contributed by atoms with Gasteiger partial charge in [-0.2, -0.15) is 0 Å². The first-order valence-corrected chi connectivity index (χ1v) is 8.83. The van der Waals surface area contributed by atoms with Crippen LogP contribution in [-0.4, -0.2) is 40.6 Å². The minimum Gasteiger partial charge on any atom is -0.478 e. The van der Waals surface area contributed by atoms with Crippen molar-refractivity contribution in [2.45, 2.75) is 12.6 Å². The Balaban J connectivity index is 1.71. The van der Waals surface area contributed by atoms with Crippen LogP contribution < -0.4 is 5.32 Å². The number of aromatic nitrogens is 1. The van der Waals surface area contributed by atoms with Crippen molar-refractivity contribution in [3.63, 3.8) is 0 Å². The minimum atomic E-state index is -0.898. The first kappa shape index (κ1) is 16.7. The van der Waals surface area contributed by atoms with Gasteiger partial charge in [-0.25, -0.2) is 4.79 Å². The molecular formula is C21H21N3O2. The van der Waals surface area contributed by atoms with Gasteiger partial charge in [-0.05, 0) is 17.2 Å². The number of nitrogens with zero attached hydrogens (tertiary/aromatic N) is 2. The molecule has 26 heavy (non-hydrogen) atoms. The Morgan fingerprint density at radius 1 is 1.15 bits per heavy atom. The second-order valence-electron chi connectivity index (χ2n) is 6.58. The summed E-state index contributed by atoms with van der Waals surface area (Å²) in [5.74, 6) is -0.898. The van der Waals surface area contributed by atoms with Crippen LogP contribution in [0.4, 0.5) is 0 Å². The summed E-state index contributed by atoms with van der Waals surface area (Å²) in [5, 5.41) is 14.0. The number of aromatic carboxylic acids is 1. The summed E-state index contributed by atoms with van der Waals surface area (Å²) in [7, 11) is 0. The molecule has 1 aliphatic heterocycles. The molecule has 1 unspecified atom stereocenters. The van der Waals surface area contributed by atoms with Gasteiger partial charge in [0.25, 0.3) is 0 Å². The van der Waals surface area contributed by atoms with E-state index in [0.717, 1.165) is 25.2 Å². The van der Waals surface area contributed by atoms with Crippen molar-refractivity contribution in [2.75, 3.05) is 19.6 Å². The van der Waals surface area contributed by atoms with Crippen LogP contribution in [0.3, 0.4) is 0 Å². The standard InChI is InChI=1S/C21H21N3O2/c25-21(26)20-16(12-23-18-9-5-4-8-17(18)20)14-24-11-10-22-13-19(24)15-6-2-1-3-7-15/h1-9,12,19,22H,10-11,13-14H2,(H,25,26). The van der Waals surface area contributed by atoms with E-state index in [9.17, 15) is 9.90 Å². The molecule has 1 saturated heterocycles. The van der Waals surface area contributed by atoms with E-state index in [2.05, 4.69) is 27.3 Å². The molecule has 0 radical (unpaired) electrons. The van der Waals surface area contributed by atoms with Gasteiger partial charge in [0.05, 0.1) is 11.1 Å². The number of carboxylic acid groups (broad SMARTS) is 1. The third-order valence-corrected chi connectivity index (χ3v) is 4.98. The number of benzene rings is 2. The molecule has 2 aromatic carbocycles. The van der Waals surface area contributed by atoms with Crippen LogP contribution >= 0.6 is 0 Å². The number of piperazine rings is 1. The molecule has 0 amide bonds. The number of carbonyl (C=O) groups is 1. The maximum Gasteiger partial charge on any atom is 0.336 e. The Bertz CT molecular complexity index is 927. The van der Waals surface area contributed by atoms with Crippen molar-refractivity contribution in [1.82, 2.24) is 15.2 Å². The summed E-state index contributed by atoms with van der Waals surface area (Å²) >= 11 is 0. The molecule has 0 bridgehead atoms. The van der Waals surface area contributed by atoms with Crippen molar-refractivity contribution >= 4 is 16.9 Å². The van der Waals surface area contributed by atoms with E-state index in [1.165, 1.54) is 5.56 Å². The van der Waals surface area contributed by atoms with Crippen LogP contribution in [0.1, 0.15) is 27.5 Å². The molecule has 2 heterocycles. The van der Waals surface area contributed by atoms with Gasteiger partial charge in [-0.3, -0.25) is 9.88 Å². The third-order valence-electron chi connectivity index (χ3n) is 4.98. The zero-order valence-electron chi connectivity index (χ0n) is 14.4. The second-order valence-corrected chi connectivity index (χ2v) is 6.58. The van der Waals surface area contributed by atoms with Gasteiger partial charge < -0.3 is 10.4 Å². The normalized spacial score (nSPS) is 18.1. The van der Waals surface area contributed by atoms with Gasteiger partial charge in [0.1, 0.15) is 0 Å². The monoisotopic (exact) mass is 347 g/mol. The van der Waals surface area contributed by atoms with E-state index in [-0.39, 0.29) is 6.04 Å². The summed E-state index contributed by atoms with van der Waals surface area (Å²) < 4.78 is 0.